The van der Waals surface area contributed by atoms with Crippen molar-refractivity contribution in [1.82, 2.24) is 20.2 Å². The number of fused-ring (bicyclic) bond motifs is 2. The van der Waals surface area contributed by atoms with Crippen molar-refractivity contribution in [3.05, 3.63) is 50.4 Å². The van der Waals surface area contributed by atoms with Crippen LogP contribution in [0.2, 0.25) is 5.02 Å². The van der Waals surface area contributed by atoms with E-state index in [0.717, 1.165) is 35.4 Å². The van der Waals surface area contributed by atoms with E-state index in [1.165, 1.54) is 10.4 Å². The molecule has 2 atom stereocenters. The number of H-pyrrole nitrogens is 1. The molecule has 0 radical (unpaired) electrons. The number of rotatable bonds is 5. The Morgan fingerprint density at radius 3 is 3.10 bits per heavy atom. The zero-order valence-corrected chi connectivity index (χ0v) is 18.4. The molecule has 2 N–H and O–H groups in total. The molecule has 0 aliphatic carbocycles. The number of carbonyl (C=O) groups excluding carboxylic acids is 1. The number of imidazole rings is 1. The van der Waals surface area contributed by atoms with Crippen molar-refractivity contribution >= 4 is 39.9 Å². The maximum Gasteiger partial charge on any atom is 0.262 e. The smallest absolute Gasteiger partial charge is 0.262 e. The Kier molecular flexibility index (Phi) is 5.92. The first kappa shape index (κ1) is 20.3. The fourth-order valence-corrected chi connectivity index (χ4v) is 5.20. The number of nitrogens with zero attached hydrogens (tertiary/aromatic N) is 2. The van der Waals surface area contributed by atoms with Crippen molar-refractivity contribution in [2.24, 2.45) is 0 Å². The third-order valence-electron chi connectivity index (χ3n) is 5.29. The summed E-state index contributed by atoms with van der Waals surface area (Å²) >= 11 is 7.67. The Morgan fingerprint density at radius 2 is 2.31 bits per heavy atom. The van der Waals surface area contributed by atoms with E-state index in [9.17, 15) is 4.79 Å². The topological polar surface area (TPSA) is 70.2 Å². The van der Waals surface area contributed by atoms with Gasteiger partial charge < -0.3 is 19.9 Å². The van der Waals surface area contributed by atoms with E-state index in [0.29, 0.717) is 23.4 Å². The number of hydrogen-bond acceptors (Lipinski definition) is 5. The standard InChI is InChI=1S/C21H25ClN4O2S/c1-12-10-26(2)7-6-13-8-18(29-19(12)13)21(27)25-17(11-28-3)20-23-15-5-4-14(22)9-16(15)24-20/h4-5,8-9,12,17H,6-7,10-11H2,1-3H3,(H,23,24)(H,25,27)/t12?,17-/m0/s1. The zero-order valence-electron chi connectivity index (χ0n) is 16.8. The molecule has 0 saturated heterocycles. The Morgan fingerprint density at radius 1 is 1.48 bits per heavy atom. The predicted molar refractivity (Wildman–Crippen MR) is 117 cm³/mol. The molecule has 0 saturated carbocycles. The van der Waals surface area contributed by atoms with Gasteiger partial charge >= 0.3 is 0 Å². The molecule has 0 bridgehead atoms. The molecule has 1 unspecified atom stereocenters. The number of amides is 1. The molecule has 0 spiro atoms. The monoisotopic (exact) mass is 432 g/mol. The van der Waals surface area contributed by atoms with Gasteiger partial charge in [-0.25, -0.2) is 4.98 Å². The fraction of sp³-hybridized carbons (Fsp3) is 0.429. The summed E-state index contributed by atoms with van der Waals surface area (Å²) in [6, 6.07) is 7.17. The lowest BCUT2D eigenvalue weighted by Gasteiger charge is -2.17. The Hall–Kier alpha value is -1.93. The average molecular weight is 433 g/mol. The molecule has 8 heteroatoms. The molecule has 154 valence electrons. The number of hydrogen-bond donors (Lipinski definition) is 2. The van der Waals surface area contributed by atoms with Gasteiger partial charge in [0.2, 0.25) is 0 Å². The van der Waals surface area contributed by atoms with E-state index >= 15 is 0 Å². The highest BCUT2D eigenvalue weighted by Crippen LogP contribution is 2.33. The van der Waals surface area contributed by atoms with Crippen LogP contribution in [-0.2, 0) is 11.2 Å². The molecule has 1 aromatic carbocycles. The minimum atomic E-state index is -0.371. The van der Waals surface area contributed by atoms with E-state index in [1.807, 2.05) is 18.2 Å². The van der Waals surface area contributed by atoms with Gasteiger partial charge in [-0.05, 0) is 43.3 Å². The molecule has 4 rings (SSSR count). The van der Waals surface area contributed by atoms with Crippen LogP contribution in [0.15, 0.2) is 24.3 Å². The van der Waals surface area contributed by atoms with Gasteiger partial charge in [-0.15, -0.1) is 11.3 Å². The lowest BCUT2D eigenvalue weighted by atomic mass is 10.1. The molecule has 29 heavy (non-hydrogen) atoms. The largest absolute Gasteiger partial charge is 0.382 e. The second-order valence-electron chi connectivity index (χ2n) is 7.68. The van der Waals surface area contributed by atoms with Crippen LogP contribution in [0.3, 0.4) is 0 Å². The van der Waals surface area contributed by atoms with Gasteiger partial charge in [-0.2, -0.15) is 0 Å². The first-order valence-corrected chi connectivity index (χ1v) is 10.9. The molecular weight excluding hydrogens is 408 g/mol. The Balaban J connectivity index is 1.56. The molecule has 1 aliphatic heterocycles. The molecule has 1 aliphatic rings. The van der Waals surface area contributed by atoms with Crippen molar-refractivity contribution < 1.29 is 9.53 Å². The first-order valence-electron chi connectivity index (χ1n) is 9.70. The second-order valence-corrected chi connectivity index (χ2v) is 9.20. The highest BCUT2D eigenvalue weighted by molar-refractivity contribution is 7.14. The number of nitrogens with one attached hydrogen (secondary N) is 2. The van der Waals surface area contributed by atoms with Crippen LogP contribution in [-0.4, -0.2) is 54.6 Å². The molecule has 0 fully saturated rings. The zero-order chi connectivity index (χ0) is 20.5. The SMILES string of the molecule is COC[C@H](NC(=O)c1cc2c(s1)C(C)CN(C)CC2)c1nc2ccc(Cl)cc2[nH]1. The van der Waals surface area contributed by atoms with Crippen LogP contribution in [0.1, 0.15) is 44.8 Å². The number of ether oxygens (including phenoxy) is 1. The van der Waals surface area contributed by atoms with Gasteiger partial charge in [-0.3, -0.25) is 4.79 Å². The first-order chi connectivity index (χ1) is 13.9. The summed E-state index contributed by atoms with van der Waals surface area (Å²) in [4.78, 5) is 25.3. The van der Waals surface area contributed by atoms with Crippen LogP contribution in [0, 0.1) is 0 Å². The summed E-state index contributed by atoms with van der Waals surface area (Å²) in [6.45, 7) is 4.59. The van der Waals surface area contributed by atoms with Crippen LogP contribution in [0.25, 0.3) is 11.0 Å². The lowest BCUT2D eigenvalue weighted by molar-refractivity contribution is 0.0896. The molecular formula is C21H25ClN4O2S. The van der Waals surface area contributed by atoms with Gasteiger partial charge in [0.05, 0.1) is 22.5 Å². The summed E-state index contributed by atoms with van der Waals surface area (Å²) in [5, 5.41) is 3.72. The maximum absolute atomic E-state index is 13.0. The second kappa shape index (κ2) is 8.44. The summed E-state index contributed by atoms with van der Waals surface area (Å²) in [7, 11) is 3.76. The number of halogens is 1. The van der Waals surface area contributed by atoms with Gasteiger partial charge in [0.25, 0.3) is 5.91 Å². The fourth-order valence-electron chi connectivity index (χ4n) is 3.87. The molecule has 1 amide bonds. The van der Waals surface area contributed by atoms with Gasteiger partial charge in [0, 0.05) is 36.0 Å². The Labute approximate surface area is 179 Å². The number of thiophene rings is 1. The number of likely N-dealkylation sites (N-methyl/N-ethyl adjacent to an activating group) is 1. The quantitative estimate of drug-likeness (QED) is 0.639. The van der Waals surface area contributed by atoms with Crippen LogP contribution in [0.5, 0.6) is 0 Å². The van der Waals surface area contributed by atoms with Gasteiger partial charge in [0.15, 0.2) is 0 Å². The number of aromatic nitrogens is 2. The van der Waals surface area contributed by atoms with E-state index < -0.39 is 0 Å². The lowest BCUT2D eigenvalue weighted by Crippen LogP contribution is -2.31. The minimum Gasteiger partial charge on any atom is -0.382 e. The molecule has 3 aromatic rings. The summed E-state index contributed by atoms with van der Waals surface area (Å²) < 4.78 is 5.34. The Bertz CT molecular complexity index is 1030. The van der Waals surface area contributed by atoms with E-state index in [-0.39, 0.29) is 11.9 Å². The van der Waals surface area contributed by atoms with Crippen LogP contribution in [0.4, 0.5) is 0 Å². The maximum atomic E-state index is 13.0. The normalized spacial score (nSPS) is 18.4. The highest BCUT2D eigenvalue weighted by atomic mass is 35.5. The third kappa shape index (κ3) is 4.33. The summed E-state index contributed by atoms with van der Waals surface area (Å²) in [5.74, 6) is 0.994. The molecule has 6 nitrogen and oxygen atoms in total. The van der Waals surface area contributed by atoms with E-state index in [1.54, 1.807) is 24.5 Å². The van der Waals surface area contributed by atoms with Gasteiger partial charge in [-0.1, -0.05) is 18.5 Å². The van der Waals surface area contributed by atoms with Crippen LogP contribution >= 0.6 is 22.9 Å². The number of carbonyl (C=O) groups is 1. The van der Waals surface area contributed by atoms with E-state index in [2.05, 4.69) is 34.2 Å². The third-order valence-corrected chi connectivity index (χ3v) is 6.94. The summed E-state index contributed by atoms with van der Waals surface area (Å²) in [6.07, 6.45) is 0.978. The number of aromatic amines is 1. The highest BCUT2D eigenvalue weighted by Gasteiger charge is 2.25. The van der Waals surface area contributed by atoms with Crippen molar-refractivity contribution in [2.45, 2.75) is 25.3 Å². The van der Waals surface area contributed by atoms with Crippen molar-refractivity contribution in [3.8, 4) is 0 Å². The predicted octanol–water partition coefficient (Wildman–Crippen LogP) is 3.99. The number of benzene rings is 1. The van der Waals surface area contributed by atoms with E-state index in [4.69, 9.17) is 16.3 Å². The summed E-state index contributed by atoms with van der Waals surface area (Å²) in [5.41, 5.74) is 2.93. The van der Waals surface area contributed by atoms with Crippen molar-refractivity contribution in [2.75, 3.05) is 33.9 Å². The van der Waals surface area contributed by atoms with Crippen molar-refractivity contribution in [1.29, 1.82) is 0 Å². The number of methoxy groups -OCH3 is 1. The molecule has 3 heterocycles. The van der Waals surface area contributed by atoms with Gasteiger partial charge in [0.1, 0.15) is 11.9 Å². The van der Waals surface area contributed by atoms with Crippen molar-refractivity contribution in [3.63, 3.8) is 0 Å². The average Bonchev–Trinajstić information content (AvgIpc) is 3.27. The molecule has 2 aromatic heterocycles. The van der Waals surface area contributed by atoms with Crippen LogP contribution < -0.4 is 5.32 Å². The minimum absolute atomic E-state index is 0.0934.